The molecule has 5 atom stereocenters. The largest absolute Gasteiger partial charge is 0.496 e. The van der Waals surface area contributed by atoms with Crippen molar-refractivity contribution in [3.8, 4) is 17.9 Å². The molecule has 0 saturated carbocycles. The molecule has 0 aliphatic carbocycles. The first-order valence-electron chi connectivity index (χ1n) is 20.9. The number of nitrogens with two attached hydrogens (primary N) is 1. The summed E-state index contributed by atoms with van der Waals surface area (Å²) in [7, 11) is -3.41. The van der Waals surface area contributed by atoms with Gasteiger partial charge in [-0.2, -0.15) is 15.6 Å². The zero-order valence-electron chi connectivity index (χ0n) is 34.6. The van der Waals surface area contributed by atoms with Crippen LogP contribution in [0.25, 0.3) is 5.52 Å². The molecule has 16 nitrogen and oxygen atoms in total. The normalized spacial score (nSPS) is 20.6. The fourth-order valence-corrected chi connectivity index (χ4v) is 7.95. The summed E-state index contributed by atoms with van der Waals surface area (Å²) in [5.41, 5.74) is 2.96. The number of anilines is 1. The number of hydrogen-bond acceptors (Lipinski definition) is 14. The number of aromatic nitrogens is 3. The minimum Gasteiger partial charge on any atom is -0.496 e. The van der Waals surface area contributed by atoms with Crippen LogP contribution in [-0.4, -0.2) is 87.7 Å². The molecule has 1 unspecified atom stereocenters. The van der Waals surface area contributed by atoms with E-state index in [0.717, 1.165) is 19.3 Å². The zero-order valence-corrected chi connectivity index (χ0v) is 35.5. The number of unbranched alkanes of at least 4 members (excludes halogenated alkanes) is 15. The van der Waals surface area contributed by atoms with Crippen LogP contribution in [0, 0.1) is 22.7 Å². The number of nitriles is 2. The number of benzene rings is 1. The SMILES string of the molecule is CCCCCCCCCCCCCCCCCCOC[C@@H](COP(=O)(O)OC[C@@]1(C#N)OC[C@](O)(c2ccc3c(N)ncnn23)[C@@H]1O)OCc1ccc(C#N)cc1OC. The van der Waals surface area contributed by atoms with Crippen molar-refractivity contribution in [2.75, 3.05) is 45.9 Å². The summed E-state index contributed by atoms with van der Waals surface area (Å²) in [4.78, 5) is 14.6. The number of fused-ring (bicyclic) bond motifs is 1. The molecule has 59 heavy (non-hydrogen) atoms. The molecular weight excluding hydrogens is 779 g/mol. The van der Waals surface area contributed by atoms with Gasteiger partial charge in [-0.05, 0) is 30.7 Å². The number of phosphoric acid groups is 1. The number of ether oxygens (including phenoxy) is 4. The second kappa shape index (κ2) is 24.6. The Balaban J connectivity index is 1.23. The van der Waals surface area contributed by atoms with Crippen molar-refractivity contribution in [2.45, 2.75) is 140 Å². The van der Waals surface area contributed by atoms with Gasteiger partial charge in [0.1, 0.15) is 42.5 Å². The first-order valence-corrected chi connectivity index (χ1v) is 22.4. The quantitative estimate of drug-likeness (QED) is 0.0389. The lowest BCUT2D eigenvalue weighted by molar-refractivity contribution is -0.0849. The van der Waals surface area contributed by atoms with E-state index in [1.165, 1.54) is 114 Å². The van der Waals surface area contributed by atoms with Crippen molar-refractivity contribution in [3.63, 3.8) is 0 Å². The number of hydrogen-bond donors (Lipinski definition) is 4. The Kier molecular flexibility index (Phi) is 20.0. The molecule has 5 N–H and O–H groups in total. The fourth-order valence-electron chi connectivity index (χ4n) is 7.17. The van der Waals surface area contributed by atoms with E-state index in [2.05, 4.69) is 23.1 Å². The Labute approximate surface area is 348 Å². The number of rotatable bonds is 30. The predicted molar refractivity (Wildman–Crippen MR) is 220 cm³/mol. The number of phosphoric ester groups is 1. The van der Waals surface area contributed by atoms with E-state index in [9.17, 15) is 30.2 Å². The van der Waals surface area contributed by atoms with Crippen molar-refractivity contribution < 1.29 is 47.7 Å². The van der Waals surface area contributed by atoms with Gasteiger partial charge in [0.25, 0.3) is 0 Å². The van der Waals surface area contributed by atoms with E-state index in [4.69, 9.17) is 33.7 Å². The lowest BCUT2D eigenvalue weighted by Crippen LogP contribution is -2.50. The second-order valence-electron chi connectivity index (χ2n) is 15.3. The van der Waals surface area contributed by atoms with Crippen LogP contribution in [0.1, 0.15) is 126 Å². The maximum atomic E-state index is 13.1. The van der Waals surface area contributed by atoms with Crippen molar-refractivity contribution in [3.05, 3.63) is 53.5 Å². The Morgan fingerprint density at radius 2 is 1.61 bits per heavy atom. The summed E-state index contributed by atoms with van der Waals surface area (Å²) in [5, 5.41) is 46.2. The van der Waals surface area contributed by atoms with E-state index >= 15 is 0 Å². The molecule has 0 spiro atoms. The van der Waals surface area contributed by atoms with Gasteiger partial charge in [0, 0.05) is 12.2 Å². The molecule has 3 heterocycles. The number of nitrogen functional groups attached to an aromatic ring is 1. The van der Waals surface area contributed by atoms with E-state index in [-0.39, 0.29) is 24.7 Å². The third-order valence-electron chi connectivity index (χ3n) is 10.8. The Morgan fingerprint density at radius 1 is 0.966 bits per heavy atom. The van der Waals surface area contributed by atoms with Crippen molar-refractivity contribution >= 4 is 19.2 Å². The number of aliphatic hydroxyl groups excluding tert-OH is 1. The summed E-state index contributed by atoms with van der Waals surface area (Å²) in [6, 6.07) is 11.8. The number of nitrogens with zero attached hydrogens (tertiary/aromatic N) is 5. The monoisotopic (exact) mass is 842 g/mol. The van der Waals surface area contributed by atoms with Gasteiger partial charge in [0.15, 0.2) is 11.4 Å². The molecule has 17 heteroatoms. The van der Waals surface area contributed by atoms with Gasteiger partial charge in [-0.3, -0.25) is 9.05 Å². The van der Waals surface area contributed by atoms with Crippen LogP contribution in [0.15, 0.2) is 36.7 Å². The lowest BCUT2D eigenvalue weighted by atomic mass is 9.86. The number of aliphatic hydroxyl groups is 2. The van der Waals surface area contributed by atoms with Crippen molar-refractivity contribution in [1.29, 1.82) is 10.5 Å². The smallest absolute Gasteiger partial charge is 0.472 e. The Morgan fingerprint density at radius 3 is 2.22 bits per heavy atom. The molecule has 1 fully saturated rings. The summed E-state index contributed by atoms with van der Waals surface area (Å²) in [6.45, 7) is 0.842. The maximum Gasteiger partial charge on any atom is 0.472 e. The molecule has 0 bridgehead atoms. The van der Waals surface area contributed by atoms with E-state index in [1.54, 1.807) is 24.3 Å². The highest BCUT2D eigenvalue weighted by Gasteiger charge is 2.61. The minimum atomic E-state index is -4.89. The highest BCUT2D eigenvalue weighted by molar-refractivity contribution is 7.47. The highest BCUT2D eigenvalue weighted by atomic mass is 31.2. The molecular formula is C42H63N6O10P. The molecule has 3 aromatic rings. The third kappa shape index (κ3) is 14.2. The first kappa shape index (κ1) is 48.0. The van der Waals surface area contributed by atoms with Gasteiger partial charge < -0.3 is 39.8 Å². The molecule has 1 aliphatic heterocycles. The maximum absolute atomic E-state index is 13.1. The van der Waals surface area contributed by atoms with Crippen LogP contribution in [-0.2, 0) is 40.0 Å². The fraction of sp³-hybridized carbons (Fsp3) is 0.667. The predicted octanol–water partition coefficient (Wildman–Crippen LogP) is 7.03. The van der Waals surface area contributed by atoms with E-state index in [1.807, 2.05) is 0 Å². The molecule has 0 radical (unpaired) electrons. The van der Waals surface area contributed by atoms with Crippen LogP contribution in [0.2, 0.25) is 0 Å². The van der Waals surface area contributed by atoms with Crippen LogP contribution in [0.4, 0.5) is 5.82 Å². The van der Waals surface area contributed by atoms with Gasteiger partial charge >= 0.3 is 7.82 Å². The zero-order chi connectivity index (χ0) is 42.6. The van der Waals surface area contributed by atoms with Gasteiger partial charge in [-0.15, -0.1) is 0 Å². The van der Waals surface area contributed by atoms with Gasteiger partial charge in [-0.25, -0.2) is 14.1 Å². The van der Waals surface area contributed by atoms with E-state index in [0.29, 0.717) is 29.0 Å². The molecule has 1 aromatic carbocycles. The molecule has 4 rings (SSSR count). The summed E-state index contributed by atoms with van der Waals surface area (Å²) in [5.74, 6) is 0.565. The molecule has 1 aliphatic rings. The van der Waals surface area contributed by atoms with E-state index < -0.39 is 51.1 Å². The topological polar surface area (TPSA) is 237 Å². The van der Waals surface area contributed by atoms with Gasteiger partial charge in [0.2, 0.25) is 5.60 Å². The van der Waals surface area contributed by atoms with Crippen LogP contribution >= 0.6 is 7.82 Å². The van der Waals surface area contributed by atoms with Crippen molar-refractivity contribution in [1.82, 2.24) is 14.6 Å². The second-order valence-corrected chi connectivity index (χ2v) is 16.7. The molecule has 1 saturated heterocycles. The average Bonchev–Trinajstić information content (AvgIpc) is 3.80. The summed E-state index contributed by atoms with van der Waals surface area (Å²) < 4.78 is 47.9. The molecule has 326 valence electrons. The van der Waals surface area contributed by atoms with Crippen LogP contribution < -0.4 is 10.5 Å². The van der Waals surface area contributed by atoms with Crippen LogP contribution in [0.5, 0.6) is 5.75 Å². The Hall–Kier alpha value is -3.67. The number of methoxy groups -OCH3 is 1. The van der Waals surface area contributed by atoms with Gasteiger partial charge in [0.05, 0.1) is 50.9 Å². The highest BCUT2D eigenvalue weighted by Crippen LogP contribution is 2.48. The molecule has 0 amide bonds. The van der Waals surface area contributed by atoms with Gasteiger partial charge in [-0.1, -0.05) is 109 Å². The van der Waals surface area contributed by atoms with Crippen molar-refractivity contribution in [2.24, 2.45) is 0 Å². The Bertz CT molecular complexity index is 1850. The minimum absolute atomic E-state index is 0.0169. The first-order chi connectivity index (χ1) is 28.5. The standard InChI is InChI=1S/C42H63N6O10P/c1-3-4-5-6-7-8-9-10-11-12-13-14-15-16-17-18-23-54-27-35(55-26-34-20-19-33(25-43)24-37(34)53-2)28-57-59(51,52)58-30-41(29-44)40(49)42(50,31-56-41)38-22-21-36-39(45)46-32-47-48(36)38/h19-22,24,32,35,40,49-50H,3-18,23,26-28,30-31H2,1-2H3,(H,51,52)(H2,45,46,47)/t35-,40+,41+,42-/m0/s1. The third-order valence-corrected chi connectivity index (χ3v) is 11.7. The molecule has 2 aromatic heterocycles. The van der Waals surface area contributed by atoms with Crippen LogP contribution in [0.3, 0.4) is 0 Å². The lowest BCUT2D eigenvalue weighted by Gasteiger charge is -2.30. The summed E-state index contributed by atoms with van der Waals surface area (Å²) >= 11 is 0. The average molecular weight is 843 g/mol. The summed E-state index contributed by atoms with van der Waals surface area (Å²) in [6.07, 6.45) is 18.6.